The fraction of sp³-hybridized carbons (Fsp3) is 0.294. The Kier molecular flexibility index (Phi) is 3.14. The van der Waals surface area contributed by atoms with E-state index in [0.717, 1.165) is 16.7 Å². The summed E-state index contributed by atoms with van der Waals surface area (Å²) < 4.78 is 0. The van der Waals surface area contributed by atoms with Crippen molar-refractivity contribution in [1.29, 1.82) is 0 Å². The molecule has 1 spiro atoms. The Bertz CT molecular complexity index is 880. The third-order valence-electron chi connectivity index (χ3n) is 4.99. The lowest BCUT2D eigenvalue weighted by Gasteiger charge is -2.20. The summed E-state index contributed by atoms with van der Waals surface area (Å²) in [5.41, 5.74) is 8.29. The van der Waals surface area contributed by atoms with Crippen molar-refractivity contribution >= 4 is 17.4 Å². The van der Waals surface area contributed by atoms with Crippen molar-refractivity contribution < 1.29 is 9.72 Å². The third kappa shape index (κ3) is 1.94. The van der Waals surface area contributed by atoms with Crippen LogP contribution in [0.25, 0.3) is 0 Å². The van der Waals surface area contributed by atoms with E-state index in [-0.39, 0.29) is 16.5 Å². The molecule has 1 atom stereocenters. The quantitative estimate of drug-likeness (QED) is 0.656. The molecule has 1 aliphatic carbocycles. The van der Waals surface area contributed by atoms with Gasteiger partial charge < -0.3 is 11.1 Å². The van der Waals surface area contributed by atoms with Gasteiger partial charge in [-0.2, -0.15) is 0 Å². The van der Waals surface area contributed by atoms with E-state index < -0.39 is 5.41 Å². The Morgan fingerprint density at radius 3 is 2.79 bits per heavy atom. The molecule has 0 saturated carbocycles. The number of rotatable bonds is 3. The molecule has 1 aliphatic heterocycles. The number of carbonyl (C=O) groups excluding carboxylic acids is 1. The predicted molar refractivity (Wildman–Crippen MR) is 87.8 cm³/mol. The molecule has 1 amide bonds. The van der Waals surface area contributed by atoms with Crippen LogP contribution in [0.2, 0.25) is 0 Å². The number of nitrogens with two attached hydrogens (primary N) is 1. The maximum atomic E-state index is 12.6. The minimum Gasteiger partial charge on any atom is -0.330 e. The number of pyridine rings is 1. The number of nitro groups is 1. The largest absolute Gasteiger partial charge is 0.330 e. The summed E-state index contributed by atoms with van der Waals surface area (Å²) >= 11 is 0. The number of nitrogens with zero attached hydrogens (tertiary/aromatic N) is 2. The molecule has 3 N–H and O–H groups in total. The van der Waals surface area contributed by atoms with E-state index >= 15 is 0 Å². The fourth-order valence-corrected chi connectivity index (χ4v) is 3.89. The summed E-state index contributed by atoms with van der Waals surface area (Å²) in [7, 11) is 0. The first-order chi connectivity index (χ1) is 11.5. The first-order valence-corrected chi connectivity index (χ1v) is 7.81. The van der Waals surface area contributed by atoms with E-state index in [0.29, 0.717) is 37.2 Å². The Morgan fingerprint density at radius 1 is 1.33 bits per heavy atom. The lowest BCUT2D eigenvalue weighted by atomic mass is 9.79. The van der Waals surface area contributed by atoms with Crippen LogP contribution in [0.5, 0.6) is 0 Å². The van der Waals surface area contributed by atoms with Gasteiger partial charge in [0.25, 0.3) is 5.69 Å². The number of fused-ring (bicyclic) bond motifs is 3. The highest BCUT2D eigenvalue weighted by molar-refractivity contribution is 6.06. The number of hydrogen-bond donors (Lipinski definition) is 2. The molecule has 0 saturated heterocycles. The topological polar surface area (TPSA) is 111 Å². The van der Waals surface area contributed by atoms with Crippen molar-refractivity contribution in [3.8, 4) is 0 Å². The molecule has 2 heterocycles. The Balaban J connectivity index is 1.82. The Hall–Kier alpha value is -2.80. The van der Waals surface area contributed by atoms with Gasteiger partial charge in [-0.15, -0.1) is 0 Å². The van der Waals surface area contributed by atoms with E-state index in [1.54, 1.807) is 12.3 Å². The van der Waals surface area contributed by atoms with Gasteiger partial charge in [0.05, 0.1) is 10.3 Å². The average Bonchev–Trinajstić information content (AvgIpc) is 3.06. The molecular weight excluding hydrogens is 308 g/mol. The fourth-order valence-electron chi connectivity index (χ4n) is 3.89. The number of nitro benzene ring substituents is 1. The van der Waals surface area contributed by atoms with Crippen LogP contribution in [0.4, 0.5) is 11.5 Å². The molecule has 0 bridgehead atoms. The highest BCUT2D eigenvalue weighted by Crippen LogP contribution is 2.47. The maximum Gasteiger partial charge on any atom is 0.272 e. The standard InChI is InChI=1S/C17H16N4O3/c18-4-3-10-6-11-8-17(9-12(11)7-14(10)21(23)24)13-2-1-5-19-15(13)20-16(17)22/h1-2,5-7H,3-4,8-9,18H2,(H,19,20,22). The van der Waals surface area contributed by atoms with E-state index in [1.807, 2.05) is 18.2 Å². The van der Waals surface area contributed by atoms with Crippen LogP contribution in [0.3, 0.4) is 0 Å². The number of carbonyl (C=O) groups is 1. The van der Waals surface area contributed by atoms with Crippen LogP contribution < -0.4 is 11.1 Å². The van der Waals surface area contributed by atoms with Gasteiger partial charge >= 0.3 is 0 Å². The zero-order chi connectivity index (χ0) is 16.9. The Morgan fingerprint density at radius 2 is 2.08 bits per heavy atom. The van der Waals surface area contributed by atoms with E-state index in [2.05, 4.69) is 10.3 Å². The minimum absolute atomic E-state index is 0.0843. The minimum atomic E-state index is -0.707. The number of anilines is 1. The maximum absolute atomic E-state index is 12.6. The van der Waals surface area contributed by atoms with Crippen LogP contribution in [0, 0.1) is 10.1 Å². The van der Waals surface area contributed by atoms with Gasteiger partial charge in [-0.3, -0.25) is 14.9 Å². The number of amides is 1. The van der Waals surface area contributed by atoms with Crippen LogP contribution >= 0.6 is 0 Å². The number of benzene rings is 1. The lowest BCUT2D eigenvalue weighted by Crippen LogP contribution is -2.35. The van der Waals surface area contributed by atoms with Gasteiger partial charge in [-0.05, 0) is 49.1 Å². The number of hydrogen-bond acceptors (Lipinski definition) is 5. The first kappa shape index (κ1) is 14.8. The van der Waals surface area contributed by atoms with Crippen molar-refractivity contribution in [2.24, 2.45) is 5.73 Å². The van der Waals surface area contributed by atoms with E-state index in [4.69, 9.17) is 5.73 Å². The summed E-state index contributed by atoms with van der Waals surface area (Å²) in [6, 6.07) is 7.17. The van der Waals surface area contributed by atoms with Crippen molar-refractivity contribution in [3.63, 3.8) is 0 Å². The monoisotopic (exact) mass is 324 g/mol. The molecule has 4 rings (SSSR count). The SMILES string of the molecule is NCCc1cc2c(cc1[N+](=O)[O-])CC1(C2)C(=O)Nc2ncccc21. The molecule has 1 aromatic heterocycles. The zero-order valence-electron chi connectivity index (χ0n) is 12.9. The van der Waals surface area contributed by atoms with Gasteiger partial charge in [0.2, 0.25) is 5.91 Å². The molecule has 0 fully saturated rings. The molecular formula is C17H16N4O3. The predicted octanol–water partition coefficient (Wildman–Crippen LogP) is 1.48. The molecule has 2 aromatic rings. The normalized spacial score (nSPS) is 20.8. The van der Waals surface area contributed by atoms with Crippen LogP contribution in [-0.4, -0.2) is 22.4 Å². The van der Waals surface area contributed by atoms with Gasteiger partial charge in [-0.1, -0.05) is 6.07 Å². The summed E-state index contributed by atoms with van der Waals surface area (Å²) in [6.45, 7) is 0.345. The molecule has 1 aromatic carbocycles. The highest BCUT2D eigenvalue weighted by Gasteiger charge is 2.51. The van der Waals surface area contributed by atoms with Crippen LogP contribution in [-0.2, 0) is 29.5 Å². The summed E-state index contributed by atoms with van der Waals surface area (Å²) in [5.74, 6) is 0.502. The number of nitrogens with one attached hydrogen (secondary N) is 1. The van der Waals surface area contributed by atoms with Crippen LogP contribution in [0.1, 0.15) is 22.3 Å². The zero-order valence-corrected chi connectivity index (χ0v) is 12.9. The molecule has 0 radical (unpaired) electrons. The summed E-state index contributed by atoms with van der Waals surface area (Å²) in [5, 5.41) is 14.2. The molecule has 122 valence electrons. The van der Waals surface area contributed by atoms with Crippen molar-refractivity contribution in [2.75, 3.05) is 11.9 Å². The first-order valence-electron chi connectivity index (χ1n) is 7.81. The lowest BCUT2D eigenvalue weighted by molar-refractivity contribution is -0.385. The van der Waals surface area contributed by atoms with E-state index in [1.165, 1.54) is 0 Å². The highest BCUT2D eigenvalue weighted by atomic mass is 16.6. The molecule has 7 heteroatoms. The summed E-state index contributed by atoms with van der Waals surface area (Å²) in [6.07, 6.45) is 3.07. The molecule has 24 heavy (non-hydrogen) atoms. The van der Waals surface area contributed by atoms with Gasteiger partial charge in [0.15, 0.2) is 0 Å². The molecule has 2 aliphatic rings. The van der Waals surface area contributed by atoms with Gasteiger partial charge in [0.1, 0.15) is 5.82 Å². The molecule has 1 unspecified atom stereocenters. The second-order valence-corrected chi connectivity index (χ2v) is 6.33. The Labute approximate surface area is 138 Å². The smallest absolute Gasteiger partial charge is 0.272 e. The summed E-state index contributed by atoms with van der Waals surface area (Å²) in [4.78, 5) is 27.8. The van der Waals surface area contributed by atoms with E-state index in [9.17, 15) is 14.9 Å². The molecule has 7 nitrogen and oxygen atoms in total. The van der Waals surface area contributed by atoms with Crippen molar-refractivity contribution in [2.45, 2.75) is 24.7 Å². The second kappa shape index (κ2) is 5.10. The third-order valence-corrected chi connectivity index (χ3v) is 4.99. The van der Waals surface area contributed by atoms with Crippen molar-refractivity contribution in [1.82, 2.24) is 4.98 Å². The van der Waals surface area contributed by atoms with Gasteiger partial charge in [-0.25, -0.2) is 4.98 Å². The second-order valence-electron chi connectivity index (χ2n) is 6.33. The van der Waals surface area contributed by atoms with Crippen molar-refractivity contribution in [3.05, 3.63) is 62.8 Å². The van der Waals surface area contributed by atoms with Crippen LogP contribution in [0.15, 0.2) is 30.5 Å². The number of aromatic nitrogens is 1. The van der Waals surface area contributed by atoms with Gasteiger partial charge in [0, 0.05) is 23.4 Å². The average molecular weight is 324 g/mol.